The van der Waals surface area contributed by atoms with Crippen molar-refractivity contribution in [1.82, 2.24) is 26.6 Å². The Morgan fingerprint density at radius 3 is 1.54 bits per heavy atom. The molecule has 8 heteroatoms. The maximum absolute atomic E-state index is 5.45. The zero-order valence-corrected chi connectivity index (χ0v) is 18.1. The van der Waals surface area contributed by atoms with Crippen molar-refractivity contribution in [1.29, 1.82) is 0 Å². The average Bonchev–Trinajstić information content (AvgIpc) is 2.71. The summed E-state index contributed by atoms with van der Waals surface area (Å²) in [5.41, 5.74) is 0. The van der Waals surface area contributed by atoms with E-state index < -0.39 is 0 Å². The van der Waals surface area contributed by atoms with Gasteiger partial charge in [0, 0.05) is 84.3 Å². The van der Waals surface area contributed by atoms with E-state index in [-0.39, 0.29) is 18.1 Å². The molecular formula is C20H43N5O3. The number of methoxy groups -OCH3 is 3. The summed E-state index contributed by atoms with van der Waals surface area (Å²) in [6.07, 6.45) is 5.12. The fourth-order valence-electron chi connectivity index (χ4n) is 4.24. The molecule has 2 rings (SSSR count). The minimum Gasteiger partial charge on any atom is -0.383 e. The molecule has 5 atom stereocenters. The summed E-state index contributed by atoms with van der Waals surface area (Å²) in [6, 6.07) is 1.89. The van der Waals surface area contributed by atoms with Gasteiger partial charge in [-0.3, -0.25) is 0 Å². The Hall–Kier alpha value is -0.320. The van der Waals surface area contributed by atoms with Crippen molar-refractivity contribution in [3.63, 3.8) is 0 Å². The van der Waals surface area contributed by atoms with Gasteiger partial charge in [0.05, 0.1) is 19.8 Å². The lowest BCUT2D eigenvalue weighted by atomic mass is 9.90. The zero-order chi connectivity index (χ0) is 20.0. The van der Waals surface area contributed by atoms with Gasteiger partial charge in [-0.15, -0.1) is 0 Å². The van der Waals surface area contributed by atoms with Gasteiger partial charge in [-0.05, 0) is 12.8 Å². The van der Waals surface area contributed by atoms with E-state index in [0.29, 0.717) is 31.9 Å². The normalized spacial score (nSPS) is 34.2. The van der Waals surface area contributed by atoms with Gasteiger partial charge >= 0.3 is 0 Å². The number of nitrogens with one attached hydrogen (secondary N) is 5. The Bertz CT molecular complexity index is 391. The second kappa shape index (κ2) is 14.6. The number of hydrogen-bond donors (Lipinski definition) is 5. The molecule has 5 N–H and O–H groups in total. The van der Waals surface area contributed by atoms with E-state index in [1.54, 1.807) is 21.3 Å². The van der Waals surface area contributed by atoms with Crippen molar-refractivity contribution in [3.05, 3.63) is 0 Å². The highest BCUT2D eigenvalue weighted by Crippen LogP contribution is 2.18. The average molecular weight is 402 g/mol. The molecule has 2 fully saturated rings. The van der Waals surface area contributed by atoms with Crippen molar-refractivity contribution in [2.45, 2.75) is 55.9 Å². The van der Waals surface area contributed by atoms with E-state index >= 15 is 0 Å². The van der Waals surface area contributed by atoms with Gasteiger partial charge in [-0.1, -0.05) is 12.8 Å². The van der Waals surface area contributed by atoms with Crippen LogP contribution in [0.4, 0.5) is 0 Å². The van der Waals surface area contributed by atoms with Gasteiger partial charge in [0.15, 0.2) is 0 Å². The van der Waals surface area contributed by atoms with Crippen LogP contribution in [-0.2, 0) is 14.2 Å². The second-order valence-corrected chi connectivity index (χ2v) is 8.09. The lowest BCUT2D eigenvalue weighted by Crippen LogP contribution is -2.55. The second-order valence-electron chi connectivity index (χ2n) is 8.09. The molecule has 0 aromatic heterocycles. The van der Waals surface area contributed by atoms with Crippen molar-refractivity contribution in [3.8, 4) is 0 Å². The first-order chi connectivity index (χ1) is 13.8. The third-order valence-electron chi connectivity index (χ3n) is 5.77. The van der Waals surface area contributed by atoms with E-state index in [2.05, 4.69) is 26.6 Å². The van der Waals surface area contributed by atoms with Crippen molar-refractivity contribution in [2.75, 3.05) is 73.9 Å². The molecule has 1 saturated heterocycles. The van der Waals surface area contributed by atoms with Gasteiger partial charge < -0.3 is 40.8 Å². The SMILES string of the molecule is COCC1CNC(COC)CNC(COC)CNC2CCCCC2NCCN1. The van der Waals surface area contributed by atoms with Crippen LogP contribution in [0.3, 0.4) is 0 Å². The predicted octanol–water partition coefficient (Wildman–Crippen LogP) is -0.696. The first kappa shape index (κ1) is 24.0. The van der Waals surface area contributed by atoms with E-state index in [4.69, 9.17) is 14.2 Å². The molecule has 2 aliphatic rings. The summed E-state index contributed by atoms with van der Waals surface area (Å²) < 4.78 is 16.3. The molecule has 0 amide bonds. The standard InChI is InChI=1S/C20H43N5O3/c1-26-13-16-10-23-17(14-27-2)11-24-18(15-28-3)12-25-20-7-5-4-6-19(20)22-9-8-21-16/h16-25H,4-15H2,1-3H3. The highest BCUT2D eigenvalue weighted by Gasteiger charge is 2.25. The van der Waals surface area contributed by atoms with E-state index in [9.17, 15) is 0 Å². The van der Waals surface area contributed by atoms with E-state index in [1.807, 2.05) is 0 Å². The summed E-state index contributed by atoms with van der Waals surface area (Å²) in [6.45, 7) is 6.60. The Labute approximate surface area is 171 Å². The summed E-state index contributed by atoms with van der Waals surface area (Å²) in [5.74, 6) is 0. The van der Waals surface area contributed by atoms with Gasteiger partial charge in [0.1, 0.15) is 0 Å². The van der Waals surface area contributed by atoms with Crippen LogP contribution in [0.2, 0.25) is 0 Å². The van der Waals surface area contributed by atoms with E-state index in [0.717, 1.165) is 32.7 Å². The summed E-state index contributed by atoms with van der Waals surface area (Å²) in [4.78, 5) is 0. The zero-order valence-electron chi connectivity index (χ0n) is 18.1. The molecular weight excluding hydrogens is 358 g/mol. The molecule has 28 heavy (non-hydrogen) atoms. The minimum atomic E-state index is 0.246. The van der Waals surface area contributed by atoms with Crippen molar-refractivity contribution >= 4 is 0 Å². The molecule has 8 nitrogen and oxygen atoms in total. The summed E-state index contributed by atoms with van der Waals surface area (Å²) in [5, 5.41) is 18.5. The maximum atomic E-state index is 5.45. The number of ether oxygens (including phenoxy) is 3. The third-order valence-corrected chi connectivity index (χ3v) is 5.77. The molecule has 0 spiro atoms. The van der Waals surface area contributed by atoms with Crippen molar-refractivity contribution in [2.24, 2.45) is 0 Å². The first-order valence-electron chi connectivity index (χ1n) is 10.9. The molecule has 0 radical (unpaired) electrons. The quantitative estimate of drug-likeness (QED) is 0.400. The van der Waals surface area contributed by atoms with Gasteiger partial charge in [0.25, 0.3) is 0 Å². The van der Waals surface area contributed by atoms with Crippen LogP contribution in [0.1, 0.15) is 25.7 Å². The topological polar surface area (TPSA) is 87.8 Å². The molecule has 0 bridgehead atoms. The highest BCUT2D eigenvalue weighted by molar-refractivity contribution is 4.88. The molecule has 1 heterocycles. The van der Waals surface area contributed by atoms with Crippen LogP contribution >= 0.6 is 0 Å². The fourth-order valence-corrected chi connectivity index (χ4v) is 4.24. The number of fused-ring (bicyclic) bond motifs is 1. The third kappa shape index (κ3) is 9.00. The minimum absolute atomic E-state index is 0.246. The van der Waals surface area contributed by atoms with Gasteiger partial charge in [-0.2, -0.15) is 0 Å². The highest BCUT2D eigenvalue weighted by atomic mass is 16.5. The number of rotatable bonds is 6. The lowest BCUT2D eigenvalue weighted by Gasteiger charge is -2.34. The van der Waals surface area contributed by atoms with Crippen LogP contribution in [-0.4, -0.2) is 104 Å². The van der Waals surface area contributed by atoms with Crippen molar-refractivity contribution < 1.29 is 14.2 Å². The first-order valence-corrected chi connectivity index (χ1v) is 10.9. The molecule has 0 aromatic carbocycles. The van der Waals surface area contributed by atoms with Crippen LogP contribution in [0.25, 0.3) is 0 Å². The molecule has 1 aliphatic heterocycles. The lowest BCUT2D eigenvalue weighted by molar-refractivity contribution is 0.137. The van der Waals surface area contributed by atoms with E-state index in [1.165, 1.54) is 25.7 Å². The maximum Gasteiger partial charge on any atom is 0.0628 e. The fraction of sp³-hybridized carbons (Fsp3) is 1.00. The Morgan fingerprint density at radius 2 is 1.00 bits per heavy atom. The van der Waals surface area contributed by atoms with Crippen LogP contribution in [0, 0.1) is 0 Å². The molecule has 1 saturated carbocycles. The Balaban J connectivity index is 2.00. The number of hydrogen-bond acceptors (Lipinski definition) is 8. The summed E-state index contributed by atoms with van der Waals surface area (Å²) >= 11 is 0. The van der Waals surface area contributed by atoms with Crippen LogP contribution in [0.15, 0.2) is 0 Å². The largest absolute Gasteiger partial charge is 0.383 e. The smallest absolute Gasteiger partial charge is 0.0628 e. The van der Waals surface area contributed by atoms with Crippen LogP contribution in [0.5, 0.6) is 0 Å². The predicted molar refractivity (Wildman–Crippen MR) is 113 cm³/mol. The molecule has 0 aromatic rings. The summed E-state index contributed by atoms with van der Waals surface area (Å²) in [7, 11) is 5.29. The van der Waals surface area contributed by atoms with Gasteiger partial charge in [0.2, 0.25) is 0 Å². The van der Waals surface area contributed by atoms with Crippen LogP contribution < -0.4 is 26.6 Å². The van der Waals surface area contributed by atoms with Gasteiger partial charge in [-0.25, -0.2) is 0 Å². The Morgan fingerprint density at radius 1 is 0.571 bits per heavy atom. The Kier molecular flexibility index (Phi) is 12.5. The molecule has 166 valence electrons. The molecule has 5 unspecified atom stereocenters. The molecule has 1 aliphatic carbocycles. The monoisotopic (exact) mass is 401 g/mol.